The highest BCUT2D eigenvalue weighted by atomic mass is 79.9. The smallest absolute Gasteiger partial charge is 0.0738 e. The van der Waals surface area contributed by atoms with E-state index in [2.05, 4.69) is 32.6 Å². The van der Waals surface area contributed by atoms with E-state index in [1.165, 1.54) is 18.5 Å². The maximum atomic E-state index is 9.83. The summed E-state index contributed by atoms with van der Waals surface area (Å²) in [4.78, 5) is 0. The van der Waals surface area contributed by atoms with Gasteiger partial charge in [0, 0.05) is 6.54 Å². The number of nitrogens with zero attached hydrogens (tertiary/aromatic N) is 2. The second-order valence-corrected chi connectivity index (χ2v) is 5.75. The van der Waals surface area contributed by atoms with Crippen LogP contribution in [0.15, 0.2) is 4.47 Å². The van der Waals surface area contributed by atoms with Gasteiger partial charge in [0.2, 0.25) is 0 Å². The Balaban J connectivity index is 1.88. The molecule has 1 heterocycles. The highest BCUT2D eigenvalue weighted by Crippen LogP contribution is 2.34. The molecule has 0 spiro atoms. The van der Waals surface area contributed by atoms with Crippen molar-refractivity contribution in [1.82, 2.24) is 9.78 Å². The van der Waals surface area contributed by atoms with Crippen molar-refractivity contribution in [1.29, 1.82) is 0 Å². The molecule has 4 heteroatoms. The van der Waals surface area contributed by atoms with Crippen molar-refractivity contribution < 1.29 is 5.11 Å². The first-order chi connectivity index (χ1) is 8.13. The van der Waals surface area contributed by atoms with Gasteiger partial charge in [0.25, 0.3) is 0 Å². The van der Waals surface area contributed by atoms with E-state index in [4.69, 9.17) is 0 Å². The van der Waals surface area contributed by atoms with Crippen LogP contribution in [-0.4, -0.2) is 21.0 Å². The SMILES string of the molecule is CCn1nc(C)c(Br)c1CCCC(O)C1CC1. The zero-order chi connectivity index (χ0) is 12.4. The fourth-order valence-electron chi connectivity index (χ4n) is 2.30. The second-order valence-electron chi connectivity index (χ2n) is 4.96. The summed E-state index contributed by atoms with van der Waals surface area (Å²) < 4.78 is 3.20. The van der Waals surface area contributed by atoms with Gasteiger partial charge in [-0.25, -0.2) is 0 Å². The molecule has 0 aliphatic heterocycles. The average Bonchev–Trinajstić information content (AvgIpc) is 3.11. The number of aliphatic hydroxyl groups excluding tert-OH is 1. The molecule has 1 N–H and O–H groups in total. The fourth-order valence-corrected chi connectivity index (χ4v) is 2.79. The molecule has 96 valence electrons. The molecule has 1 aromatic rings. The van der Waals surface area contributed by atoms with Crippen molar-refractivity contribution >= 4 is 15.9 Å². The van der Waals surface area contributed by atoms with E-state index >= 15 is 0 Å². The van der Waals surface area contributed by atoms with Crippen molar-refractivity contribution in [3.63, 3.8) is 0 Å². The maximum absolute atomic E-state index is 9.83. The standard InChI is InChI=1S/C13H21BrN2O/c1-3-16-11(13(14)9(2)15-16)5-4-6-12(17)10-7-8-10/h10,12,17H,3-8H2,1-2H3. The lowest BCUT2D eigenvalue weighted by Crippen LogP contribution is -2.10. The fraction of sp³-hybridized carbons (Fsp3) is 0.769. The Bertz CT molecular complexity index is 385. The Kier molecular flexibility index (Phi) is 4.26. The number of hydrogen-bond acceptors (Lipinski definition) is 2. The maximum Gasteiger partial charge on any atom is 0.0738 e. The van der Waals surface area contributed by atoms with Crippen LogP contribution in [0.3, 0.4) is 0 Å². The van der Waals surface area contributed by atoms with E-state index < -0.39 is 0 Å². The summed E-state index contributed by atoms with van der Waals surface area (Å²) in [6, 6.07) is 0. The zero-order valence-electron chi connectivity index (χ0n) is 10.6. The Morgan fingerprint density at radius 2 is 2.24 bits per heavy atom. The normalized spacial score (nSPS) is 17.4. The number of aromatic nitrogens is 2. The third kappa shape index (κ3) is 3.10. The van der Waals surface area contributed by atoms with E-state index in [1.807, 2.05) is 6.92 Å². The lowest BCUT2D eigenvalue weighted by atomic mass is 10.1. The number of aryl methyl sites for hydroxylation is 2. The minimum Gasteiger partial charge on any atom is -0.393 e. The molecular formula is C13H21BrN2O. The van der Waals surface area contributed by atoms with Crippen molar-refractivity contribution in [2.75, 3.05) is 0 Å². The molecule has 3 nitrogen and oxygen atoms in total. The summed E-state index contributed by atoms with van der Waals surface area (Å²) in [6.45, 7) is 5.05. The van der Waals surface area contributed by atoms with Gasteiger partial charge in [-0.2, -0.15) is 5.10 Å². The molecular weight excluding hydrogens is 280 g/mol. The van der Waals surface area contributed by atoms with Gasteiger partial charge in [-0.05, 0) is 67.8 Å². The lowest BCUT2D eigenvalue weighted by Gasteiger charge is -2.09. The molecule has 17 heavy (non-hydrogen) atoms. The molecule has 2 rings (SSSR count). The molecule has 0 saturated heterocycles. The molecule has 1 aliphatic carbocycles. The van der Waals surface area contributed by atoms with E-state index in [0.717, 1.165) is 36.0 Å². The third-order valence-electron chi connectivity index (χ3n) is 3.53. The summed E-state index contributed by atoms with van der Waals surface area (Å²) in [5.74, 6) is 0.594. The van der Waals surface area contributed by atoms with E-state index in [1.54, 1.807) is 0 Å². The average molecular weight is 301 g/mol. The van der Waals surface area contributed by atoms with Gasteiger partial charge < -0.3 is 5.11 Å². The van der Waals surface area contributed by atoms with Crippen molar-refractivity contribution in [2.24, 2.45) is 5.92 Å². The summed E-state index contributed by atoms with van der Waals surface area (Å²) in [7, 11) is 0. The molecule has 1 aliphatic rings. The molecule has 0 aromatic carbocycles. The quantitative estimate of drug-likeness (QED) is 0.877. The molecule has 0 bridgehead atoms. The van der Waals surface area contributed by atoms with Crippen molar-refractivity contribution in [3.05, 3.63) is 15.9 Å². The van der Waals surface area contributed by atoms with Crippen molar-refractivity contribution in [3.8, 4) is 0 Å². The minimum absolute atomic E-state index is 0.0760. The molecule has 0 amide bonds. The lowest BCUT2D eigenvalue weighted by molar-refractivity contribution is 0.139. The summed E-state index contributed by atoms with van der Waals surface area (Å²) in [5.41, 5.74) is 2.33. The molecule has 1 saturated carbocycles. The monoisotopic (exact) mass is 300 g/mol. The van der Waals surface area contributed by atoms with Crippen LogP contribution in [-0.2, 0) is 13.0 Å². The zero-order valence-corrected chi connectivity index (χ0v) is 12.2. The van der Waals surface area contributed by atoms with Crippen LogP contribution in [0, 0.1) is 12.8 Å². The Labute approximate surface area is 111 Å². The molecule has 1 fully saturated rings. The molecule has 1 atom stereocenters. The number of hydrogen-bond donors (Lipinski definition) is 1. The van der Waals surface area contributed by atoms with Crippen LogP contribution in [0.4, 0.5) is 0 Å². The number of rotatable bonds is 6. The molecule has 0 radical (unpaired) electrons. The molecule has 1 aromatic heterocycles. The van der Waals surface area contributed by atoms with Gasteiger partial charge in [-0.1, -0.05) is 0 Å². The number of halogens is 1. The highest BCUT2D eigenvalue weighted by molar-refractivity contribution is 9.10. The van der Waals surface area contributed by atoms with Crippen LogP contribution in [0.2, 0.25) is 0 Å². The Morgan fingerprint density at radius 1 is 1.53 bits per heavy atom. The summed E-state index contributed by atoms with van der Waals surface area (Å²) >= 11 is 3.60. The first-order valence-electron chi connectivity index (χ1n) is 6.53. The van der Waals surface area contributed by atoms with Crippen molar-refractivity contribution in [2.45, 2.75) is 58.6 Å². The van der Waals surface area contributed by atoms with Gasteiger partial charge in [0.15, 0.2) is 0 Å². The number of aliphatic hydroxyl groups is 1. The highest BCUT2D eigenvalue weighted by Gasteiger charge is 2.29. The van der Waals surface area contributed by atoms with Gasteiger partial charge in [0.05, 0.1) is 22.0 Å². The summed E-state index contributed by atoms with van der Waals surface area (Å²) in [5, 5.41) is 14.3. The predicted molar refractivity (Wildman–Crippen MR) is 72.0 cm³/mol. The predicted octanol–water partition coefficient (Wildman–Crippen LogP) is 3.07. The first kappa shape index (κ1) is 13.1. The van der Waals surface area contributed by atoms with Gasteiger partial charge in [0.1, 0.15) is 0 Å². The first-order valence-corrected chi connectivity index (χ1v) is 7.32. The minimum atomic E-state index is -0.0760. The Hall–Kier alpha value is -0.350. The third-order valence-corrected chi connectivity index (χ3v) is 4.56. The van der Waals surface area contributed by atoms with Gasteiger partial charge in [-0.15, -0.1) is 0 Å². The topological polar surface area (TPSA) is 38.0 Å². The van der Waals surface area contributed by atoms with Gasteiger partial charge >= 0.3 is 0 Å². The van der Waals surface area contributed by atoms with Gasteiger partial charge in [-0.3, -0.25) is 4.68 Å². The van der Waals surface area contributed by atoms with Crippen LogP contribution < -0.4 is 0 Å². The molecule has 1 unspecified atom stereocenters. The second kappa shape index (κ2) is 5.53. The largest absolute Gasteiger partial charge is 0.393 e. The van der Waals surface area contributed by atoms with E-state index in [-0.39, 0.29) is 6.10 Å². The van der Waals surface area contributed by atoms with Crippen LogP contribution in [0.5, 0.6) is 0 Å². The van der Waals surface area contributed by atoms with Crippen LogP contribution >= 0.6 is 15.9 Å². The summed E-state index contributed by atoms with van der Waals surface area (Å²) in [6.07, 6.45) is 5.33. The van der Waals surface area contributed by atoms with Crippen LogP contribution in [0.1, 0.15) is 44.0 Å². The van der Waals surface area contributed by atoms with Crippen LogP contribution in [0.25, 0.3) is 0 Å². The Morgan fingerprint density at radius 3 is 2.82 bits per heavy atom. The van der Waals surface area contributed by atoms with E-state index in [0.29, 0.717) is 5.92 Å². The van der Waals surface area contributed by atoms with E-state index in [9.17, 15) is 5.11 Å².